The second-order valence-electron chi connectivity index (χ2n) is 6.85. The van der Waals surface area contributed by atoms with Gasteiger partial charge in [0.25, 0.3) is 0 Å². The maximum atomic E-state index is 13.2. The molecular weight excluding hydrogens is 346 g/mol. The van der Waals surface area contributed by atoms with Gasteiger partial charge in [0.2, 0.25) is 10.0 Å². The van der Waals surface area contributed by atoms with Crippen LogP contribution in [0.1, 0.15) is 30.7 Å². The third-order valence-corrected chi connectivity index (χ3v) is 6.30. The summed E-state index contributed by atoms with van der Waals surface area (Å²) in [7, 11) is -3.53. The van der Waals surface area contributed by atoms with E-state index in [0.29, 0.717) is 23.8 Å². The van der Waals surface area contributed by atoms with Crippen LogP contribution in [0.3, 0.4) is 0 Å². The van der Waals surface area contributed by atoms with Crippen molar-refractivity contribution < 1.29 is 8.42 Å². The van der Waals surface area contributed by atoms with E-state index in [2.05, 4.69) is 10.3 Å². The third-order valence-electron chi connectivity index (χ3n) is 4.64. The van der Waals surface area contributed by atoms with Gasteiger partial charge < -0.3 is 5.32 Å². The van der Waals surface area contributed by atoms with Gasteiger partial charge in [-0.15, -0.1) is 0 Å². The lowest BCUT2D eigenvalue weighted by Crippen LogP contribution is -2.21. The van der Waals surface area contributed by atoms with Gasteiger partial charge in [-0.1, -0.05) is 42.5 Å². The summed E-state index contributed by atoms with van der Waals surface area (Å²) >= 11 is 0. The highest BCUT2D eigenvalue weighted by molar-refractivity contribution is 7.89. The highest BCUT2D eigenvalue weighted by Crippen LogP contribution is 2.22. The molecule has 1 aliphatic rings. The molecule has 0 atom stereocenters. The molecule has 1 aromatic heterocycles. The molecule has 0 aliphatic heterocycles. The van der Waals surface area contributed by atoms with Crippen LogP contribution in [0, 0.1) is 0 Å². The van der Waals surface area contributed by atoms with Crippen LogP contribution in [0.4, 0.5) is 0 Å². The van der Waals surface area contributed by atoms with Crippen molar-refractivity contribution in [1.82, 2.24) is 14.3 Å². The summed E-state index contributed by atoms with van der Waals surface area (Å²) < 4.78 is 27.8. The number of hydrogen-bond acceptors (Lipinski definition) is 4. The number of fused-ring (bicyclic) bond motifs is 1. The molecule has 0 bridgehead atoms. The minimum Gasteiger partial charge on any atom is -0.314 e. The normalized spacial score (nSPS) is 14.8. The van der Waals surface area contributed by atoms with Gasteiger partial charge in [0, 0.05) is 12.5 Å². The maximum absolute atomic E-state index is 13.2. The van der Waals surface area contributed by atoms with Crippen LogP contribution < -0.4 is 5.32 Å². The largest absolute Gasteiger partial charge is 0.314 e. The minimum absolute atomic E-state index is 0.0263. The third kappa shape index (κ3) is 3.81. The Morgan fingerprint density at radius 1 is 1.04 bits per heavy atom. The molecule has 4 rings (SSSR count). The van der Waals surface area contributed by atoms with Gasteiger partial charge in [-0.05, 0) is 43.5 Å². The summed E-state index contributed by atoms with van der Waals surface area (Å²) in [5, 5.41) is 3.47. The predicted molar refractivity (Wildman–Crippen MR) is 104 cm³/mol. The van der Waals surface area contributed by atoms with Gasteiger partial charge in [0.05, 0.1) is 16.8 Å². The molecule has 0 amide bonds. The lowest BCUT2D eigenvalue weighted by atomic mass is 10.2. The predicted octanol–water partition coefficient (Wildman–Crippen LogP) is 3.10. The van der Waals surface area contributed by atoms with Crippen LogP contribution in [0.5, 0.6) is 0 Å². The summed E-state index contributed by atoms with van der Waals surface area (Å²) in [5.74, 6) is 0.598. The van der Waals surface area contributed by atoms with Crippen molar-refractivity contribution in [2.24, 2.45) is 0 Å². The smallest absolute Gasteiger partial charge is 0.244 e. The van der Waals surface area contributed by atoms with Crippen LogP contribution in [0.2, 0.25) is 0 Å². The summed E-state index contributed by atoms with van der Waals surface area (Å²) in [4.78, 5) is 4.61. The summed E-state index contributed by atoms with van der Waals surface area (Å²) in [6.07, 6.45) is 4.02. The van der Waals surface area contributed by atoms with Gasteiger partial charge >= 0.3 is 0 Å². The quantitative estimate of drug-likeness (QED) is 0.620. The number of aryl methyl sites for hydroxylation is 1. The summed E-state index contributed by atoms with van der Waals surface area (Å²) in [6, 6.07) is 17.4. The molecular formula is C20H23N3O2S. The zero-order valence-corrected chi connectivity index (χ0v) is 15.5. The number of rotatable bonds is 8. The molecule has 0 radical (unpaired) electrons. The molecule has 1 fully saturated rings. The second-order valence-corrected chi connectivity index (χ2v) is 8.67. The van der Waals surface area contributed by atoms with E-state index in [-0.39, 0.29) is 5.75 Å². The fourth-order valence-electron chi connectivity index (χ4n) is 3.21. The van der Waals surface area contributed by atoms with Gasteiger partial charge in [0.1, 0.15) is 5.82 Å². The van der Waals surface area contributed by atoms with Gasteiger partial charge in [-0.25, -0.2) is 17.4 Å². The fourth-order valence-corrected chi connectivity index (χ4v) is 4.86. The van der Waals surface area contributed by atoms with E-state index in [1.54, 1.807) is 0 Å². The van der Waals surface area contributed by atoms with E-state index < -0.39 is 10.0 Å². The number of aromatic nitrogens is 2. The first-order chi connectivity index (χ1) is 12.6. The summed E-state index contributed by atoms with van der Waals surface area (Å²) in [6.45, 7) is 0.895. The van der Waals surface area contributed by atoms with Gasteiger partial charge in [-0.2, -0.15) is 0 Å². The fraction of sp³-hybridized carbons (Fsp3) is 0.350. The monoisotopic (exact) mass is 369 g/mol. The second kappa shape index (κ2) is 7.21. The van der Waals surface area contributed by atoms with E-state index in [0.717, 1.165) is 24.0 Å². The average Bonchev–Trinajstić information content (AvgIpc) is 3.37. The van der Waals surface area contributed by atoms with Crippen LogP contribution >= 0.6 is 0 Å². The molecule has 26 heavy (non-hydrogen) atoms. The number of hydrogen-bond donors (Lipinski definition) is 1. The van der Waals surface area contributed by atoms with Crippen molar-refractivity contribution >= 4 is 21.1 Å². The van der Waals surface area contributed by atoms with E-state index in [9.17, 15) is 8.42 Å². The number of nitrogens with one attached hydrogen (secondary N) is 1. The van der Waals surface area contributed by atoms with E-state index >= 15 is 0 Å². The topological polar surface area (TPSA) is 64.0 Å². The molecule has 2 aromatic carbocycles. The maximum Gasteiger partial charge on any atom is 0.244 e. The molecule has 0 saturated heterocycles. The van der Waals surface area contributed by atoms with Crippen molar-refractivity contribution in [2.75, 3.05) is 6.54 Å². The lowest BCUT2D eigenvalue weighted by molar-refractivity contribution is 0.582. The van der Waals surface area contributed by atoms with Gasteiger partial charge in [-0.3, -0.25) is 0 Å². The molecule has 1 heterocycles. The van der Waals surface area contributed by atoms with E-state index in [1.165, 1.54) is 16.8 Å². The molecule has 1 N–H and O–H groups in total. The molecule has 5 nitrogen and oxygen atoms in total. The lowest BCUT2D eigenvalue weighted by Gasteiger charge is -2.11. The highest BCUT2D eigenvalue weighted by Gasteiger charge is 2.23. The molecule has 1 saturated carbocycles. The number of para-hydroxylation sites is 2. The van der Waals surface area contributed by atoms with Crippen LogP contribution in [0.25, 0.3) is 11.0 Å². The average molecular weight is 369 g/mol. The number of benzene rings is 2. The first-order valence-electron chi connectivity index (χ1n) is 9.10. The molecule has 0 spiro atoms. The van der Waals surface area contributed by atoms with E-state index in [4.69, 9.17) is 0 Å². The first-order valence-corrected chi connectivity index (χ1v) is 10.7. The number of nitrogens with zero attached hydrogens (tertiary/aromatic N) is 2. The Hall–Kier alpha value is -2.18. The zero-order chi connectivity index (χ0) is 18.0. The van der Waals surface area contributed by atoms with Crippen molar-refractivity contribution in [3.63, 3.8) is 0 Å². The van der Waals surface area contributed by atoms with Crippen LogP contribution in [0.15, 0.2) is 54.6 Å². The van der Waals surface area contributed by atoms with Crippen molar-refractivity contribution in [1.29, 1.82) is 0 Å². The first kappa shape index (κ1) is 17.2. The SMILES string of the molecule is O=S(=O)(Cc1ccccc1)n1c(CCCNC2CC2)nc2ccccc21. The van der Waals surface area contributed by atoms with Crippen LogP contribution in [-0.4, -0.2) is 30.0 Å². The Balaban J connectivity index is 1.63. The minimum atomic E-state index is -3.53. The molecule has 1 aliphatic carbocycles. The summed E-state index contributed by atoms with van der Waals surface area (Å²) in [5.41, 5.74) is 2.18. The van der Waals surface area contributed by atoms with Crippen molar-refractivity contribution in [2.45, 2.75) is 37.5 Å². The van der Waals surface area contributed by atoms with E-state index in [1.807, 2.05) is 54.6 Å². The molecule has 136 valence electrons. The highest BCUT2D eigenvalue weighted by atomic mass is 32.2. The van der Waals surface area contributed by atoms with Crippen molar-refractivity contribution in [3.05, 3.63) is 66.0 Å². The van der Waals surface area contributed by atoms with Crippen molar-refractivity contribution in [3.8, 4) is 0 Å². The molecule has 6 heteroatoms. The Kier molecular flexibility index (Phi) is 4.78. The Labute approximate surface area is 154 Å². The Morgan fingerprint density at radius 2 is 1.77 bits per heavy atom. The van der Waals surface area contributed by atoms with Gasteiger partial charge in [0.15, 0.2) is 0 Å². The molecule has 0 unspecified atom stereocenters. The zero-order valence-electron chi connectivity index (χ0n) is 14.6. The Morgan fingerprint density at radius 3 is 2.54 bits per heavy atom. The standard InChI is InChI=1S/C20H23N3O2S/c24-26(25,15-16-7-2-1-3-8-16)23-19-10-5-4-9-18(19)22-20(23)11-6-14-21-17-12-13-17/h1-5,7-10,17,21H,6,11-15H2. The van der Waals surface area contributed by atoms with Crippen LogP contribution in [-0.2, 0) is 22.2 Å². The molecule has 3 aromatic rings. The number of imidazole rings is 1. The Bertz CT molecular complexity index is 992.